The second kappa shape index (κ2) is 3.43. The maximum atomic E-state index is 4.57. The van der Waals surface area contributed by atoms with Crippen LogP contribution in [-0.4, -0.2) is 19.9 Å². The van der Waals surface area contributed by atoms with Gasteiger partial charge in [0, 0.05) is 23.3 Å². The van der Waals surface area contributed by atoms with Gasteiger partial charge in [0.2, 0.25) is 0 Å². The molecule has 3 aromatic heterocycles. The monoisotopic (exact) mass is 233 g/mol. The summed E-state index contributed by atoms with van der Waals surface area (Å²) in [5.41, 5.74) is 3.85. The van der Waals surface area contributed by atoms with Gasteiger partial charge in [0.05, 0.1) is 11.0 Å². The first-order valence-corrected chi connectivity index (χ1v) is 5.70. The summed E-state index contributed by atoms with van der Waals surface area (Å²) >= 11 is 0. The molecule has 2 N–H and O–H groups in total. The van der Waals surface area contributed by atoms with E-state index in [1.807, 2.05) is 36.5 Å². The van der Waals surface area contributed by atoms with Crippen molar-refractivity contribution in [3.05, 3.63) is 48.8 Å². The lowest BCUT2D eigenvalue weighted by molar-refractivity contribution is 1.32. The van der Waals surface area contributed by atoms with Gasteiger partial charge in [-0.2, -0.15) is 0 Å². The van der Waals surface area contributed by atoms with E-state index in [0.29, 0.717) is 0 Å². The van der Waals surface area contributed by atoms with Crippen LogP contribution >= 0.6 is 0 Å². The number of fused-ring (bicyclic) bond motifs is 2. The molecule has 0 saturated heterocycles. The number of pyridine rings is 1. The van der Waals surface area contributed by atoms with Crippen molar-refractivity contribution in [2.24, 2.45) is 0 Å². The predicted molar refractivity (Wildman–Crippen MR) is 70.0 cm³/mol. The Balaban J connectivity index is 2.01. The second-order valence-electron chi connectivity index (χ2n) is 4.13. The Morgan fingerprint density at radius 2 is 2.22 bits per heavy atom. The minimum atomic E-state index is 0.851. The van der Waals surface area contributed by atoms with Crippen molar-refractivity contribution < 1.29 is 0 Å². The van der Waals surface area contributed by atoms with Crippen LogP contribution in [0.15, 0.2) is 42.7 Å². The van der Waals surface area contributed by atoms with E-state index in [2.05, 4.69) is 26.0 Å². The lowest BCUT2D eigenvalue weighted by atomic mass is 10.2. The van der Waals surface area contributed by atoms with E-state index in [1.54, 1.807) is 6.20 Å². The molecule has 0 amide bonds. The third-order valence-electron chi connectivity index (χ3n) is 3.03. The Bertz CT molecular complexity index is 808. The number of aromatic nitrogens is 4. The molecule has 1 radical (unpaired) electrons. The molecule has 4 rings (SSSR count). The molecule has 3 heterocycles. The van der Waals surface area contributed by atoms with Crippen LogP contribution in [0.2, 0.25) is 0 Å². The minimum Gasteiger partial charge on any atom is -0.345 e. The Hall–Kier alpha value is -2.62. The fourth-order valence-corrected chi connectivity index (χ4v) is 2.18. The van der Waals surface area contributed by atoms with Crippen molar-refractivity contribution in [1.82, 2.24) is 19.9 Å². The number of rotatable bonds is 1. The molecule has 0 aliphatic heterocycles. The first-order chi connectivity index (χ1) is 8.92. The number of benzene rings is 1. The van der Waals surface area contributed by atoms with Gasteiger partial charge in [-0.15, -0.1) is 0 Å². The molecule has 85 valence electrons. The SMILES string of the molecule is [c]1ccc2[nH]c(-c3c[nH]c4ncccc34)nc2c1. The second-order valence-corrected chi connectivity index (χ2v) is 4.13. The molecule has 0 unspecified atom stereocenters. The van der Waals surface area contributed by atoms with Gasteiger partial charge in [0.15, 0.2) is 0 Å². The van der Waals surface area contributed by atoms with Crippen molar-refractivity contribution in [2.45, 2.75) is 0 Å². The van der Waals surface area contributed by atoms with Gasteiger partial charge in [-0.05, 0) is 30.3 Å². The van der Waals surface area contributed by atoms with Crippen LogP contribution in [-0.2, 0) is 0 Å². The standard InChI is InChI=1S/C14H9N4/c1-2-6-12-11(5-1)17-14(18-12)10-8-16-13-9(10)4-3-7-15-13/h1,3-8H,(H,15,16)(H,17,18). The number of aromatic amines is 2. The number of hydrogen-bond donors (Lipinski definition) is 2. The summed E-state index contributed by atoms with van der Waals surface area (Å²) in [6.45, 7) is 0. The normalized spacial score (nSPS) is 11.3. The number of H-pyrrole nitrogens is 2. The number of imidazole rings is 1. The van der Waals surface area contributed by atoms with E-state index in [1.165, 1.54) is 0 Å². The molecule has 0 atom stereocenters. The van der Waals surface area contributed by atoms with Gasteiger partial charge < -0.3 is 9.97 Å². The fourth-order valence-electron chi connectivity index (χ4n) is 2.18. The molecule has 18 heavy (non-hydrogen) atoms. The highest BCUT2D eigenvalue weighted by molar-refractivity contribution is 5.93. The summed E-state index contributed by atoms with van der Waals surface area (Å²) in [4.78, 5) is 15.3. The lowest BCUT2D eigenvalue weighted by Gasteiger charge is -1.92. The molecule has 4 heteroatoms. The molecule has 1 aromatic carbocycles. The van der Waals surface area contributed by atoms with Crippen molar-refractivity contribution in [2.75, 3.05) is 0 Å². The summed E-state index contributed by atoms with van der Waals surface area (Å²) in [7, 11) is 0. The van der Waals surface area contributed by atoms with Gasteiger partial charge in [-0.1, -0.05) is 6.07 Å². The maximum absolute atomic E-state index is 4.57. The molecular weight excluding hydrogens is 224 g/mol. The molecule has 4 aromatic rings. The molecule has 0 fully saturated rings. The Kier molecular flexibility index (Phi) is 1.80. The average molecular weight is 233 g/mol. The van der Waals surface area contributed by atoms with Crippen LogP contribution in [0.4, 0.5) is 0 Å². The van der Waals surface area contributed by atoms with Gasteiger partial charge in [0.1, 0.15) is 11.5 Å². The number of hydrogen-bond acceptors (Lipinski definition) is 2. The molecule has 4 nitrogen and oxygen atoms in total. The zero-order valence-electron chi connectivity index (χ0n) is 9.44. The highest BCUT2D eigenvalue weighted by atomic mass is 14.9. The van der Waals surface area contributed by atoms with Crippen LogP contribution in [0, 0.1) is 6.07 Å². The highest BCUT2D eigenvalue weighted by Gasteiger charge is 2.10. The molecule has 0 aliphatic carbocycles. The summed E-state index contributed by atoms with van der Waals surface area (Å²) < 4.78 is 0. The molecule has 0 spiro atoms. The zero-order valence-corrected chi connectivity index (χ0v) is 9.44. The first kappa shape index (κ1) is 9.41. The summed E-state index contributed by atoms with van der Waals surface area (Å²) in [5.74, 6) is 0.851. The van der Waals surface area contributed by atoms with E-state index in [4.69, 9.17) is 0 Å². The van der Waals surface area contributed by atoms with Crippen molar-refractivity contribution >= 4 is 22.1 Å². The van der Waals surface area contributed by atoms with Gasteiger partial charge in [-0.3, -0.25) is 0 Å². The number of nitrogens with one attached hydrogen (secondary N) is 2. The summed E-state index contributed by atoms with van der Waals surface area (Å²) in [6.07, 6.45) is 3.70. The van der Waals surface area contributed by atoms with E-state index >= 15 is 0 Å². The van der Waals surface area contributed by atoms with Gasteiger partial charge in [-0.25, -0.2) is 9.97 Å². The predicted octanol–water partition coefficient (Wildman–Crippen LogP) is 2.91. The zero-order chi connectivity index (χ0) is 11.9. The van der Waals surface area contributed by atoms with Crippen LogP contribution in [0.5, 0.6) is 0 Å². The Morgan fingerprint density at radius 1 is 1.22 bits per heavy atom. The van der Waals surface area contributed by atoms with Crippen LogP contribution in [0.25, 0.3) is 33.5 Å². The highest BCUT2D eigenvalue weighted by Crippen LogP contribution is 2.26. The molecule has 0 saturated carbocycles. The third kappa shape index (κ3) is 1.26. The van der Waals surface area contributed by atoms with E-state index in [0.717, 1.165) is 33.5 Å². The fraction of sp³-hybridized carbons (Fsp3) is 0. The van der Waals surface area contributed by atoms with Crippen molar-refractivity contribution in [3.8, 4) is 11.4 Å². The van der Waals surface area contributed by atoms with E-state index < -0.39 is 0 Å². The van der Waals surface area contributed by atoms with Gasteiger partial charge >= 0.3 is 0 Å². The molecular formula is C14H9N4. The molecule has 0 bridgehead atoms. The maximum Gasteiger partial charge on any atom is 0.140 e. The summed E-state index contributed by atoms with van der Waals surface area (Å²) in [5, 5.41) is 1.07. The average Bonchev–Trinajstić information content (AvgIpc) is 3.02. The topological polar surface area (TPSA) is 57.4 Å². The Labute approximate surface area is 103 Å². The van der Waals surface area contributed by atoms with Gasteiger partial charge in [0.25, 0.3) is 0 Å². The van der Waals surface area contributed by atoms with E-state index in [-0.39, 0.29) is 0 Å². The van der Waals surface area contributed by atoms with Crippen LogP contribution < -0.4 is 0 Å². The van der Waals surface area contributed by atoms with Crippen LogP contribution in [0.1, 0.15) is 0 Å². The van der Waals surface area contributed by atoms with Crippen molar-refractivity contribution in [1.29, 1.82) is 0 Å². The Morgan fingerprint density at radius 3 is 3.17 bits per heavy atom. The minimum absolute atomic E-state index is 0.851. The quantitative estimate of drug-likeness (QED) is 0.531. The third-order valence-corrected chi connectivity index (χ3v) is 3.03. The van der Waals surface area contributed by atoms with Crippen molar-refractivity contribution in [3.63, 3.8) is 0 Å². The number of nitrogens with zero attached hydrogens (tertiary/aromatic N) is 2. The lowest BCUT2D eigenvalue weighted by Crippen LogP contribution is -1.78. The van der Waals surface area contributed by atoms with Crippen LogP contribution in [0.3, 0.4) is 0 Å². The van der Waals surface area contributed by atoms with E-state index in [9.17, 15) is 0 Å². The molecule has 0 aliphatic rings. The smallest absolute Gasteiger partial charge is 0.140 e. The largest absolute Gasteiger partial charge is 0.345 e. The first-order valence-electron chi connectivity index (χ1n) is 5.70. The summed E-state index contributed by atoms with van der Waals surface area (Å²) in [6, 6.07) is 12.7.